The Hall–Kier alpha value is -2.54. The number of carbonyl (C=O) groups is 2. The van der Waals surface area contributed by atoms with E-state index in [4.69, 9.17) is 0 Å². The van der Waals surface area contributed by atoms with E-state index < -0.39 is 11.5 Å². The fourth-order valence-electron chi connectivity index (χ4n) is 3.50. The molecule has 29 heavy (non-hydrogen) atoms. The van der Waals surface area contributed by atoms with Crippen LogP contribution in [0.25, 0.3) is 6.08 Å². The van der Waals surface area contributed by atoms with Crippen LogP contribution in [-0.4, -0.2) is 23.3 Å². The van der Waals surface area contributed by atoms with Crippen LogP contribution in [0.2, 0.25) is 0 Å². The van der Waals surface area contributed by atoms with Crippen molar-refractivity contribution >= 4 is 50.7 Å². The van der Waals surface area contributed by atoms with Crippen molar-refractivity contribution in [2.24, 2.45) is 0 Å². The monoisotopic (exact) mass is 467 g/mol. The van der Waals surface area contributed by atoms with Gasteiger partial charge in [-0.2, -0.15) is 0 Å². The van der Waals surface area contributed by atoms with Crippen LogP contribution in [-0.2, 0) is 10.4 Å². The number of anilines is 1. The molecule has 1 N–H and O–H groups in total. The first kappa shape index (κ1) is 19.8. The Morgan fingerprint density at radius 1 is 1.07 bits per heavy atom. The van der Waals surface area contributed by atoms with E-state index in [0.717, 1.165) is 9.35 Å². The lowest BCUT2D eigenvalue weighted by Crippen LogP contribution is -2.41. The van der Waals surface area contributed by atoms with Crippen molar-refractivity contribution in [2.75, 3.05) is 11.4 Å². The summed E-state index contributed by atoms with van der Waals surface area (Å²) in [4.78, 5) is 28.0. The van der Waals surface area contributed by atoms with Crippen molar-refractivity contribution in [3.63, 3.8) is 0 Å². The number of hydrogen-bond donors (Lipinski definition) is 1. The molecule has 4 nitrogen and oxygen atoms in total. The molecule has 0 radical (unpaired) electrons. The number of thiophene rings is 1. The number of para-hydroxylation sites is 1. The summed E-state index contributed by atoms with van der Waals surface area (Å²) < 4.78 is 0.832. The molecule has 1 amide bonds. The number of Topliss-reactive ketones (excluding diaryl/α,β-unsaturated/α-hetero) is 1. The molecule has 2 aromatic carbocycles. The van der Waals surface area contributed by atoms with Gasteiger partial charge in [0.2, 0.25) is 0 Å². The van der Waals surface area contributed by atoms with Gasteiger partial charge in [-0.05, 0) is 39.7 Å². The Kier molecular flexibility index (Phi) is 5.50. The molecule has 0 fully saturated rings. The molecular formula is C23H18BrNO3S. The molecule has 146 valence electrons. The molecule has 0 bridgehead atoms. The molecule has 0 saturated carbocycles. The standard InChI is InChI=1S/C23H18BrNO3S/c24-21-13-12-20(29-21)19(26)15-23(28)17-10-4-5-11-18(17)25(22(23)27)14-6-9-16-7-2-1-3-8-16/h1-13,28H,14-15H2/b9-6+. The van der Waals surface area contributed by atoms with Crippen LogP contribution in [0.1, 0.15) is 27.2 Å². The van der Waals surface area contributed by atoms with Gasteiger partial charge in [0.25, 0.3) is 5.91 Å². The summed E-state index contributed by atoms with van der Waals surface area (Å²) in [6.07, 6.45) is 3.53. The third-order valence-corrected chi connectivity index (χ3v) is 6.57. The number of fused-ring (bicyclic) bond motifs is 1. The average Bonchev–Trinajstić information content (AvgIpc) is 3.25. The minimum Gasteiger partial charge on any atom is -0.375 e. The predicted molar refractivity (Wildman–Crippen MR) is 119 cm³/mol. The molecule has 0 saturated heterocycles. The highest BCUT2D eigenvalue weighted by atomic mass is 79.9. The summed E-state index contributed by atoms with van der Waals surface area (Å²) in [5, 5.41) is 11.3. The fourth-order valence-corrected chi connectivity index (χ4v) is 4.82. The third-order valence-electron chi connectivity index (χ3n) is 4.90. The number of hydrogen-bond acceptors (Lipinski definition) is 4. The summed E-state index contributed by atoms with van der Waals surface area (Å²) in [6.45, 7) is 0.311. The van der Waals surface area contributed by atoms with Crippen LogP contribution in [0.15, 0.2) is 76.6 Å². The molecule has 1 atom stereocenters. The first-order valence-electron chi connectivity index (χ1n) is 9.13. The molecule has 0 aliphatic carbocycles. The highest BCUT2D eigenvalue weighted by Gasteiger charge is 2.50. The van der Waals surface area contributed by atoms with Gasteiger partial charge < -0.3 is 10.0 Å². The second-order valence-electron chi connectivity index (χ2n) is 6.81. The average molecular weight is 468 g/mol. The normalized spacial score (nSPS) is 18.4. The van der Waals surface area contributed by atoms with Gasteiger partial charge >= 0.3 is 0 Å². The maximum absolute atomic E-state index is 13.2. The summed E-state index contributed by atoms with van der Waals surface area (Å²) in [6, 6.07) is 20.4. The van der Waals surface area contributed by atoms with E-state index in [1.54, 1.807) is 30.3 Å². The quantitative estimate of drug-likeness (QED) is 0.517. The number of halogens is 1. The van der Waals surface area contributed by atoms with E-state index in [1.165, 1.54) is 16.2 Å². The number of rotatable bonds is 6. The van der Waals surface area contributed by atoms with Crippen LogP contribution < -0.4 is 4.90 Å². The predicted octanol–water partition coefficient (Wildman–Crippen LogP) is 5.03. The van der Waals surface area contributed by atoms with Crippen molar-refractivity contribution in [3.8, 4) is 0 Å². The lowest BCUT2D eigenvalue weighted by molar-refractivity contribution is -0.135. The van der Waals surface area contributed by atoms with Gasteiger partial charge in [0.05, 0.1) is 20.8 Å². The van der Waals surface area contributed by atoms with E-state index in [-0.39, 0.29) is 12.2 Å². The van der Waals surface area contributed by atoms with Crippen LogP contribution in [0.3, 0.4) is 0 Å². The Morgan fingerprint density at radius 3 is 2.52 bits per heavy atom. The summed E-state index contributed by atoms with van der Waals surface area (Å²) >= 11 is 4.64. The molecule has 6 heteroatoms. The summed E-state index contributed by atoms with van der Waals surface area (Å²) in [5.41, 5.74) is 0.283. The first-order chi connectivity index (χ1) is 14.0. The maximum atomic E-state index is 13.2. The van der Waals surface area contributed by atoms with Crippen molar-refractivity contribution in [1.29, 1.82) is 0 Å². The number of carbonyl (C=O) groups excluding carboxylic acids is 2. The van der Waals surface area contributed by atoms with E-state index >= 15 is 0 Å². The van der Waals surface area contributed by atoms with E-state index in [2.05, 4.69) is 15.9 Å². The fraction of sp³-hybridized carbons (Fsp3) is 0.130. The highest BCUT2D eigenvalue weighted by molar-refractivity contribution is 9.11. The number of aliphatic hydroxyl groups is 1. The van der Waals surface area contributed by atoms with Crippen molar-refractivity contribution in [2.45, 2.75) is 12.0 Å². The number of nitrogens with zero attached hydrogens (tertiary/aromatic N) is 1. The summed E-state index contributed by atoms with van der Waals surface area (Å²) in [5.74, 6) is -0.728. The van der Waals surface area contributed by atoms with Crippen molar-refractivity contribution in [1.82, 2.24) is 0 Å². The molecule has 1 aliphatic rings. The van der Waals surface area contributed by atoms with Gasteiger partial charge in [0, 0.05) is 12.1 Å². The number of benzene rings is 2. The Bertz CT molecular complexity index is 1090. The van der Waals surface area contributed by atoms with Crippen LogP contribution in [0, 0.1) is 0 Å². The zero-order valence-corrected chi connectivity index (χ0v) is 17.8. The molecule has 1 unspecified atom stereocenters. The molecule has 4 rings (SSSR count). The first-order valence-corrected chi connectivity index (χ1v) is 10.7. The molecule has 1 aliphatic heterocycles. The van der Waals surface area contributed by atoms with Crippen LogP contribution >= 0.6 is 27.3 Å². The summed E-state index contributed by atoms with van der Waals surface area (Å²) in [7, 11) is 0. The van der Waals surface area contributed by atoms with Gasteiger partial charge in [0.1, 0.15) is 0 Å². The van der Waals surface area contributed by atoms with Crippen molar-refractivity contribution in [3.05, 3.63) is 92.6 Å². The molecule has 3 aromatic rings. The van der Waals surface area contributed by atoms with Gasteiger partial charge in [-0.15, -0.1) is 11.3 Å². The van der Waals surface area contributed by atoms with Gasteiger partial charge in [-0.1, -0.05) is 60.7 Å². The van der Waals surface area contributed by atoms with Crippen LogP contribution in [0.4, 0.5) is 5.69 Å². The van der Waals surface area contributed by atoms with E-state index in [0.29, 0.717) is 22.7 Å². The smallest absolute Gasteiger partial charge is 0.264 e. The van der Waals surface area contributed by atoms with Gasteiger partial charge in [-0.25, -0.2) is 0 Å². The number of amides is 1. The van der Waals surface area contributed by atoms with Crippen LogP contribution in [0.5, 0.6) is 0 Å². The SMILES string of the molecule is O=C(CC1(O)C(=O)N(C/C=C/c2ccccc2)c2ccccc21)c1ccc(Br)s1. The van der Waals surface area contributed by atoms with Crippen molar-refractivity contribution < 1.29 is 14.7 Å². The lowest BCUT2D eigenvalue weighted by atomic mass is 9.89. The largest absolute Gasteiger partial charge is 0.375 e. The Morgan fingerprint density at radius 2 is 1.79 bits per heavy atom. The van der Waals surface area contributed by atoms with E-state index in [1.807, 2.05) is 48.6 Å². The zero-order chi connectivity index (χ0) is 20.4. The highest BCUT2D eigenvalue weighted by Crippen LogP contribution is 2.43. The van der Waals surface area contributed by atoms with E-state index in [9.17, 15) is 14.7 Å². The number of ketones is 1. The second-order valence-corrected chi connectivity index (χ2v) is 9.27. The topological polar surface area (TPSA) is 57.6 Å². The Balaban J connectivity index is 1.60. The van der Waals surface area contributed by atoms with Gasteiger partial charge in [0.15, 0.2) is 11.4 Å². The minimum atomic E-state index is -1.86. The molecule has 2 heterocycles. The zero-order valence-electron chi connectivity index (χ0n) is 15.4. The van der Waals surface area contributed by atoms with Gasteiger partial charge in [-0.3, -0.25) is 9.59 Å². The minimum absolute atomic E-state index is 0.256. The molecular weight excluding hydrogens is 450 g/mol. The second kappa shape index (κ2) is 8.06. The molecule has 0 spiro atoms. The third kappa shape index (κ3) is 3.83. The Labute approximate surface area is 181 Å². The molecule has 1 aromatic heterocycles. The lowest BCUT2D eigenvalue weighted by Gasteiger charge is -2.22. The maximum Gasteiger partial charge on any atom is 0.264 e.